The first-order valence-electron chi connectivity index (χ1n) is 6.68. The first-order chi connectivity index (χ1) is 10.5. The first kappa shape index (κ1) is 17.2. The van der Waals surface area contributed by atoms with E-state index in [1.807, 2.05) is 30.3 Å². The van der Waals surface area contributed by atoms with E-state index in [4.69, 9.17) is 9.84 Å². The van der Waals surface area contributed by atoms with Crippen molar-refractivity contribution in [2.24, 2.45) is 0 Å². The maximum Gasteiger partial charge on any atom is 0.326 e. The maximum absolute atomic E-state index is 11.6. The van der Waals surface area contributed by atoms with Gasteiger partial charge >= 0.3 is 11.9 Å². The quantitative estimate of drug-likeness (QED) is 0.581. The summed E-state index contributed by atoms with van der Waals surface area (Å²) in [4.78, 5) is 33.9. The Balaban J connectivity index is 2.40. The lowest BCUT2D eigenvalue weighted by Gasteiger charge is -2.12. The summed E-state index contributed by atoms with van der Waals surface area (Å²) in [6, 6.07) is 7.97. The number of hydrogen-bond acceptors (Lipinski definition) is 4. The van der Waals surface area contributed by atoms with E-state index < -0.39 is 23.9 Å². The Bertz CT molecular complexity index is 586. The van der Waals surface area contributed by atoms with E-state index in [9.17, 15) is 14.4 Å². The molecule has 22 heavy (non-hydrogen) atoms. The molecule has 6 nitrogen and oxygen atoms in total. The lowest BCUT2D eigenvalue weighted by atomic mass is 10.1. The van der Waals surface area contributed by atoms with Gasteiger partial charge in [-0.3, -0.25) is 9.59 Å². The third kappa shape index (κ3) is 6.57. The third-order valence-corrected chi connectivity index (χ3v) is 2.72. The highest BCUT2D eigenvalue weighted by Crippen LogP contribution is 2.04. The molecule has 0 fully saturated rings. The summed E-state index contributed by atoms with van der Waals surface area (Å²) in [6.07, 6.45) is -0.163. The molecule has 0 spiro atoms. The van der Waals surface area contributed by atoms with Crippen molar-refractivity contribution in [2.45, 2.75) is 32.4 Å². The first-order valence-corrected chi connectivity index (χ1v) is 6.68. The van der Waals surface area contributed by atoms with Crippen molar-refractivity contribution in [3.63, 3.8) is 0 Å². The van der Waals surface area contributed by atoms with Gasteiger partial charge in [-0.25, -0.2) is 4.79 Å². The second-order valence-electron chi connectivity index (χ2n) is 4.42. The van der Waals surface area contributed by atoms with Crippen molar-refractivity contribution in [1.82, 2.24) is 5.32 Å². The number of nitrogens with one attached hydrogen (secondary N) is 1. The van der Waals surface area contributed by atoms with Gasteiger partial charge in [-0.05, 0) is 24.8 Å². The average Bonchev–Trinajstić information content (AvgIpc) is 2.50. The molecule has 1 aromatic rings. The molecule has 0 aliphatic carbocycles. The lowest BCUT2D eigenvalue weighted by Crippen LogP contribution is -2.40. The van der Waals surface area contributed by atoms with Crippen LogP contribution in [0.3, 0.4) is 0 Å². The van der Waals surface area contributed by atoms with Crippen LogP contribution >= 0.6 is 0 Å². The fraction of sp³-hybridized carbons (Fsp3) is 0.312. The summed E-state index contributed by atoms with van der Waals surface area (Å²) in [5, 5.41) is 11.2. The number of rotatable bonds is 7. The molecule has 0 aliphatic heterocycles. The van der Waals surface area contributed by atoms with E-state index in [0.29, 0.717) is 0 Å². The Morgan fingerprint density at radius 3 is 2.55 bits per heavy atom. The van der Waals surface area contributed by atoms with Gasteiger partial charge in [0.2, 0.25) is 0 Å². The molecule has 0 bridgehead atoms. The largest absolute Gasteiger partial charge is 0.480 e. The molecule has 0 aliphatic rings. The molecular weight excluding hydrogens is 286 g/mol. The number of ether oxygens (including phenoxy) is 1. The van der Waals surface area contributed by atoms with Gasteiger partial charge in [-0.1, -0.05) is 36.3 Å². The van der Waals surface area contributed by atoms with Crippen molar-refractivity contribution in [3.05, 3.63) is 35.9 Å². The molecule has 6 heteroatoms. The summed E-state index contributed by atoms with van der Waals surface area (Å²) in [5.41, 5.74) is 0.845. The number of carbonyl (C=O) groups is 3. The molecule has 0 saturated carbocycles. The predicted molar refractivity (Wildman–Crippen MR) is 78.5 cm³/mol. The molecule has 0 radical (unpaired) electrons. The number of benzene rings is 1. The third-order valence-electron chi connectivity index (χ3n) is 2.72. The van der Waals surface area contributed by atoms with Gasteiger partial charge < -0.3 is 15.2 Å². The molecule has 2 N–H and O–H groups in total. The zero-order chi connectivity index (χ0) is 16.4. The summed E-state index contributed by atoms with van der Waals surface area (Å²) in [7, 11) is 0. The molecule has 0 saturated heterocycles. The number of hydrogen-bond donors (Lipinski definition) is 2. The van der Waals surface area contributed by atoms with Crippen molar-refractivity contribution in [3.8, 4) is 11.8 Å². The smallest absolute Gasteiger partial charge is 0.326 e. The summed E-state index contributed by atoms with van der Waals surface area (Å²) >= 11 is 0. The van der Waals surface area contributed by atoms with Crippen LogP contribution in [-0.4, -0.2) is 29.0 Å². The second-order valence-corrected chi connectivity index (χ2v) is 4.42. The number of carbonyl (C=O) groups excluding carboxylic acids is 2. The van der Waals surface area contributed by atoms with Crippen LogP contribution in [-0.2, 0) is 25.7 Å². The van der Waals surface area contributed by atoms with Crippen molar-refractivity contribution in [1.29, 1.82) is 0 Å². The second kappa shape index (κ2) is 9.19. The topological polar surface area (TPSA) is 92.7 Å². The van der Waals surface area contributed by atoms with E-state index >= 15 is 0 Å². The summed E-state index contributed by atoms with van der Waals surface area (Å²) in [5.74, 6) is 2.12. The van der Waals surface area contributed by atoms with Crippen LogP contribution in [0.5, 0.6) is 0 Å². The normalized spacial score (nSPS) is 10.8. The zero-order valence-corrected chi connectivity index (χ0v) is 12.2. The minimum absolute atomic E-state index is 0.0555. The van der Waals surface area contributed by atoms with E-state index in [2.05, 4.69) is 17.2 Å². The van der Waals surface area contributed by atoms with Crippen LogP contribution in [0.15, 0.2) is 30.3 Å². The van der Waals surface area contributed by atoms with Crippen LogP contribution in [0.25, 0.3) is 0 Å². The molecule has 1 aromatic carbocycles. The molecule has 0 unspecified atom stereocenters. The van der Waals surface area contributed by atoms with E-state index in [1.165, 1.54) is 6.92 Å². The van der Waals surface area contributed by atoms with Crippen LogP contribution in [0.4, 0.5) is 0 Å². The summed E-state index contributed by atoms with van der Waals surface area (Å²) in [6.45, 7) is 1.60. The number of amides is 1. The Kier molecular flexibility index (Phi) is 7.20. The minimum Gasteiger partial charge on any atom is -0.480 e. The van der Waals surface area contributed by atoms with Crippen molar-refractivity contribution >= 4 is 17.8 Å². The predicted octanol–water partition coefficient (Wildman–Crippen LogP) is 1.10. The molecular formula is C16H17NO5. The van der Waals surface area contributed by atoms with Crippen LogP contribution in [0, 0.1) is 11.8 Å². The maximum atomic E-state index is 11.6. The zero-order valence-electron chi connectivity index (χ0n) is 12.2. The minimum atomic E-state index is -1.22. The van der Waals surface area contributed by atoms with Gasteiger partial charge in [-0.15, -0.1) is 0 Å². The Hall–Kier alpha value is -2.81. The average molecular weight is 303 g/mol. The highest BCUT2D eigenvalue weighted by atomic mass is 16.5. The molecule has 1 atom stereocenters. The Morgan fingerprint density at radius 2 is 1.95 bits per heavy atom. The standard InChI is InChI=1S/C16H17NO5/c1-2-6-14(18)17-13(16(20)21)9-10-15(19)22-11-12-7-4-3-5-8-12/h3-5,7-8,13H,9-11H2,1H3,(H,17,18)(H,20,21)/t13-/m0/s1. The van der Waals surface area contributed by atoms with Gasteiger partial charge in [0.1, 0.15) is 12.6 Å². The highest BCUT2D eigenvalue weighted by Gasteiger charge is 2.20. The van der Waals surface area contributed by atoms with E-state index in [0.717, 1.165) is 5.56 Å². The summed E-state index contributed by atoms with van der Waals surface area (Å²) < 4.78 is 5.04. The van der Waals surface area contributed by atoms with Gasteiger partial charge in [0, 0.05) is 6.42 Å². The number of carboxylic acid groups (broad SMARTS) is 1. The van der Waals surface area contributed by atoms with Crippen LogP contribution < -0.4 is 5.32 Å². The number of esters is 1. The SMILES string of the molecule is CC#CC(=O)N[C@@H](CCC(=O)OCc1ccccc1)C(=O)O. The van der Waals surface area contributed by atoms with Gasteiger partial charge in [-0.2, -0.15) is 0 Å². The van der Waals surface area contributed by atoms with Crippen molar-refractivity contribution < 1.29 is 24.2 Å². The van der Waals surface area contributed by atoms with Gasteiger partial charge in [0.25, 0.3) is 5.91 Å². The van der Waals surface area contributed by atoms with Gasteiger partial charge in [0.15, 0.2) is 0 Å². The molecule has 116 valence electrons. The Morgan fingerprint density at radius 1 is 1.27 bits per heavy atom. The fourth-order valence-corrected chi connectivity index (χ4v) is 1.64. The molecule has 1 rings (SSSR count). The highest BCUT2D eigenvalue weighted by molar-refractivity contribution is 5.96. The monoisotopic (exact) mass is 303 g/mol. The van der Waals surface area contributed by atoms with E-state index in [-0.39, 0.29) is 19.4 Å². The van der Waals surface area contributed by atoms with Crippen LogP contribution in [0.2, 0.25) is 0 Å². The number of carboxylic acids is 1. The van der Waals surface area contributed by atoms with E-state index in [1.54, 1.807) is 0 Å². The number of aliphatic carboxylic acids is 1. The molecule has 1 amide bonds. The Labute approximate surface area is 128 Å². The lowest BCUT2D eigenvalue weighted by molar-refractivity contribution is -0.146. The fourth-order valence-electron chi connectivity index (χ4n) is 1.64. The molecule has 0 heterocycles. The molecule has 0 aromatic heterocycles. The van der Waals surface area contributed by atoms with Crippen molar-refractivity contribution in [2.75, 3.05) is 0 Å². The van der Waals surface area contributed by atoms with Gasteiger partial charge in [0.05, 0.1) is 0 Å². The van der Waals surface area contributed by atoms with Crippen LogP contribution in [0.1, 0.15) is 25.3 Å².